The minimum Gasteiger partial charge on any atom is -0.384 e. The highest BCUT2D eigenvalue weighted by molar-refractivity contribution is 5.44. The van der Waals surface area contributed by atoms with E-state index in [0.717, 1.165) is 18.2 Å². The molecule has 2 rings (SSSR count). The second-order valence-electron chi connectivity index (χ2n) is 4.35. The molecular formula is C11H19N3. The Morgan fingerprint density at radius 2 is 2.21 bits per heavy atom. The summed E-state index contributed by atoms with van der Waals surface area (Å²) >= 11 is 0. The molecule has 1 aliphatic rings. The van der Waals surface area contributed by atoms with E-state index in [-0.39, 0.29) is 0 Å². The summed E-state index contributed by atoms with van der Waals surface area (Å²) in [6, 6.07) is 0. The Labute approximate surface area is 85.3 Å². The molecule has 0 saturated heterocycles. The quantitative estimate of drug-likeness (QED) is 0.798. The minimum atomic E-state index is 0.591. The number of nitrogens with zero attached hydrogens (tertiary/aromatic N) is 2. The first-order chi connectivity index (χ1) is 6.65. The fourth-order valence-electron chi connectivity index (χ4n) is 2.15. The number of aryl methyl sites for hydroxylation is 1. The third-order valence-electron chi connectivity index (χ3n) is 3.34. The largest absolute Gasteiger partial charge is 0.384 e. The fourth-order valence-corrected chi connectivity index (χ4v) is 2.15. The van der Waals surface area contributed by atoms with Crippen molar-refractivity contribution < 1.29 is 0 Å². The van der Waals surface area contributed by atoms with Crippen molar-refractivity contribution in [2.24, 2.45) is 13.0 Å². The Morgan fingerprint density at radius 3 is 2.71 bits per heavy atom. The maximum atomic E-state index is 5.97. The van der Waals surface area contributed by atoms with E-state index < -0.39 is 0 Å². The van der Waals surface area contributed by atoms with Gasteiger partial charge in [-0.25, -0.2) is 0 Å². The number of aromatic nitrogens is 2. The molecule has 0 aliphatic heterocycles. The molecule has 1 atom stereocenters. The summed E-state index contributed by atoms with van der Waals surface area (Å²) in [7, 11) is 1.93. The summed E-state index contributed by atoms with van der Waals surface area (Å²) < 4.78 is 1.81. The highest BCUT2D eigenvalue weighted by Crippen LogP contribution is 2.43. The van der Waals surface area contributed by atoms with Crippen LogP contribution >= 0.6 is 0 Å². The van der Waals surface area contributed by atoms with Gasteiger partial charge in [0.05, 0.1) is 5.69 Å². The van der Waals surface area contributed by atoms with Crippen LogP contribution in [-0.4, -0.2) is 9.78 Å². The minimum absolute atomic E-state index is 0.591. The molecule has 78 valence electrons. The van der Waals surface area contributed by atoms with Crippen molar-refractivity contribution in [1.82, 2.24) is 9.78 Å². The van der Waals surface area contributed by atoms with Crippen LogP contribution in [0.25, 0.3) is 0 Å². The Kier molecular flexibility index (Phi) is 2.25. The zero-order valence-electron chi connectivity index (χ0n) is 9.25. The number of nitrogen functional groups attached to an aromatic ring is 1. The molecule has 3 heteroatoms. The molecule has 3 nitrogen and oxygen atoms in total. The smallest absolute Gasteiger partial charge is 0.124 e. The maximum absolute atomic E-state index is 5.97. The average molecular weight is 193 g/mol. The van der Waals surface area contributed by atoms with Gasteiger partial charge in [-0.15, -0.1) is 0 Å². The molecule has 0 spiro atoms. The molecule has 1 aromatic heterocycles. The zero-order valence-corrected chi connectivity index (χ0v) is 9.25. The molecule has 2 N–H and O–H groups in total. The van der Waals surface area contributed by atoms with Crippen molar-refractivity contribution in [2.75, 3.05) is 5.73 Å². The Morgan fingerprint density at radius 1 is 1.57 bits per heavy atom. The fraction of sp³-hybridized carbons (Fsp3) is 0.727. The van der Waals surface area contributed by atoms with Gasteiger partial charge >= 0.3 is 0 Å². The molecule has 0 bridgehead atoms. The van der Waals surface area contributed by atoms with E-state index in [0.29, 0.717) is 5.92 Å². The van der Waals surface area contributed by atoms with Gasteiger partial charge in [0.1, 0.15) is 5.82 Å². The van der Waals surface area contributed by atoms with Gasteiger partial charge < -0.3 is 5.73 Å². The van der Waals surface area contributed by atoms with Crippen LogP contribution in [0.2, 0.25) is 0 Å². The highest BCUT2D eigenvalue weighted by atomic mass is 15.3. The molecule has 0 aromatic carbocycles. The van der Waals surface area contributed by atoms with Crippen LogP contribution in [0.5, 0.6) is 0 Å². The lowest BCUT2D eigenvalue weighted by atomic mass is 9.97. The number of hydrogen-bond acceptors (Lipinski definition) is 2. The highest BCUT2D eigenvalue weighted by Gasteiger charge is 2.32. The maximum Gasteiger partial charge on any atom is 0.124 e. The third-order valence-corrected chi connectivity index (χ3v) is 3.34. The van der Waals surface area contributed by atoms with Crippen LogP contribution in [0.3, 0.4) is 0 Å². The van der Waals surface area contributed by atoms with Crippen molar-refractivity contribution in [3.05, 3.63) is 11.3 Å². The Balaban J connectivity index is 2.35. The van der Waals surface area contributed by atoms with Crippen LogP contribution in [0.15, 0.2) is 0 Å². The van der Waals surface area contributed by atoms with Crippen molar-refractivity contribution >= 4 is 5.82 Å². The third kappa shape index (κ3) is 1.41. The van der Waals surface area contributed by atoms with Crippen molar-refractivity contribution in [3.8, 4) is 0 Å². The molecule has 0 amide bonds. The predicted octanol–water partition coefficient (Wildman–Crippen LogP) is 2.08. The summed E-state index contributed by atoms with van der Waals surface area (Å²) in [4.78, 5) is 0. The van der Waals surface area contributed by atoms with Gasteiger partial charge in [0, 0.05) is 18.5 Å². The molecule has 1 unspecified atom stereocenters. The number of anilines is 1. The standard InChI is InChI=1S/C11H19N3/c1-4-9-10(7(2)8-5-6-8)13-14(3)11(9)12/h7-8H,4-6,12H2,1-3H3. The second-order valence-corrected chi connectivity index (χ2v) is 4.35. The molecule has 1 aliphatic carbocycles. The number of hydrogen-bond donors (Lipinski definition) is 1. The molecule has 1 fully saturated rings. The lowest BCUT2D eigenvalue weighted by Gasteiger charge is -2.08. The normalized spacial score (nSPS) is 18.5. The lowest BCUT2D eigenvalue weighted by molar-refractivity contribution is 0.617. The molecule has 1 heterocycles. The summed E-state index contributed by atoms with van der Waals surface area (Å²) in [6.07, 6.45) is 3.72. The van der Waals surface area contributed by atoms with Crippen LogP contribution in [0, 0.1) is 5.92 Å². The van der Waals surface area contributed by atoms with Gasteiger partial charge in [-0.1, -0.05) is 13.8 Å². The van der Waals surface area contributed by atoms with Crippen molar-refractivity contribution in [2.45, 2.75) is 39.0 Å². The molecule has 0 radical (unpaired) electrons. The molecule has 1 aromatic rings. The zero-order chi connectivity index (χ0) is 10.3. The van der Waals surface area contributed by atoms with Crippen LogP contribution < -0.4 is 5.73 Å². The predicted molar refractivity (Wildman–Crippen MR) is 58.1 cm³/mol. The number of rotatable bonds is 3. The van der Waals surface area contributed by atoms with E-state index in [9.17, 15) is 0 Å². The monoisotopic (exact) mass is 193 g/mol. The van der Waals surface area contributed by atoms with Gasteiger partial charge in [-0.05, 0) is 25.2 Å². The van der Waals surface area contributed by atoms with E-state index in [1.54, 1.807) is 0 Å². The van der Waals surface area contributed by atoms with E-state index in [2.05, 4.69) is 18.9 Å². The summed E-state index contributed by atoms with van der Waals surface area (Å²) in [5.74, 6) is 2.29. The van der Waals surface area contributed by atoms with Crippen LogP contribution in [0.1, 0.15) is 43.9 Å². The number of nitrogens with two attached hydrogens (primary N) is 1. The summed E-state index contributed by atoms with van der Waals surface area (Å²) in [6.45, 7) is 4.43. The van der Waals surface area contributed by atoms with Crippen molar-refractivity contribution in [3.63, 3.8) is 0 Å². The molecule has 1 saturated carbocycles. The first kappa shape index (κ1) is 9.56. The Hall–Kier alpha value is -0.990. The van der Waals surface area contributed by atoms with Crippen LogP contribution in [-0.2, 0) is 13.5 Å². The first-order valence-corrected chi connectivity index (χ1v) is 5.46. The topological polar surface area (TPSA) is 43.8 Å². The van der Waals surface area contributed by atoms with Gasteiger partial charge in [-0.2, -0.15) is 5.10 Å². The SMILES string of the molecule is CCc1c(C(C)C2CC2)nn(C)c1N. The second kappa shape index (κ2) is 3.30. The van der Waals surface area contributed by atoms with Gasteiger partial charge in [0.25, 0.3) is 0 Å². The van der Waals surface area contributed by atoms with Gasteiger partial charge in [0.15, 0.2) is 0 Å². The van der Waals surface area contributed by atoms with E-state index in [4.69, 9.17) is 5.73 Å². The average Bonchev–Trinajstić information content (AvgIpc) is 2.95. The van der Waals surface area contributed by atoms with E-state index in [1.807, 2.05) is 11.7 Å². The lowest BCUT2D eigenvalue weighted by Crippen LogP contribution is -2.00. The van der Waals surface area contributed by atoms with E-state index in [1.165, 1.54) is 24.1 Å². The molecular weight excluding hydrogens is 174 g/mol. The Bertz CT molecular complexity index is 337. The van der Waals surface area contributed by atoms with Gasteiger partial charge in [0.2, 0.25) is 0 Å². The van der Waals surface area contributed by atoms with E-state index >= 15 is 0 Å². The first-order valence-electron chi connectivity index (χ1n) is 5.46. The summed E-state index contributed by atoms with van der Waals surface area (Å²) in [5.41, 5.74) is 8.46. The summed E-state index contributed by atoms with van der Waals surface area (Å²) in [5, 5.41) is 4.53. The van der Waals surface area contributed by atoms with Crippen molar-refractivity contribution in [1.29, 1.82) is 0 Å². The van der Waals surface area contributed by atoms with Gasteiger partial charge in [-0.3, -0.25) is 4.68 Å². The molecule has 14 heavy (non-hydrogen) atoms. The van der Waals surface area contributed by atoms with Crippen LogP contribution in [0.4, 0.5) is 5.82 Å².